The Labute approximate surface area is 167 Å². The van der Waals surface area contributed by atoms with Crippen LogP contribution in [-0.2, 0) is 0 Å². The number of pyridine rings is 1. The van der Waals surface area contributed by atoms with Crippen molar-refractivity contribution < 1.29 is 0 Å². The molecule has 1 aliphatic rings. The van der Waals surface area contributed by atoms with Crippen LogP contribution in [0.25, 0.3) is 0 Å². The number of aryl methyl sites for hydroxylation is 1. The van der Waals surface area contributed by atoms with E-state index in [0.29, 0.717) is 5.92 Å². The Morgan fingerprint density at radius 2 is 1.50 bits per heavy atom. The average Bonchev–Trinajstić information content (AvgIpc) is 2.76. The Hall–Kier alpha value is -2.94. The van der Waals surface area contributed by atoms with E-state index in [1.807, 2.05) is 6.20 Å². The van der Waals surface area contributed by atoms with E-state index in [1.54, 1.807) is 0 Å². The second-order valence-electron chi connectivity index (χ2n) is 7.55. The minimum Gasteiger partial charge on any atom is -0.357 e. The molecule has 0 atom stereocenters. The highest BCUT2D eigenvalue weighted by molar-refractivity contribution is 6.12. The molecule has 3 nitrogen and oxygen atoms in total. The quantitative estimate of drug-likeness (QED) is 0.582. The van der Waals surface area contributed by atoms with Crippen LogP contribution in [0.15, 0.2) is 84.0 Å². The normalized spacial score (nSPS) is 14.7. The second-order valence-corrected chi connectivity index (χ2v) is 7.55. The highest BCUT2D eigenvalue weighted by Gasteiger charge is 2.20. The lowest BCUT2D eigenvalue weighted by Gasteiger charge is -2.32. The van der Waals surface area contributed by atoms with Crippen LogP contribution in [0.2, 0.25) is 0 Å². The van der Waals surface area contributed by atoms with Gasteiger partial charge in [-0.1, -0.05) is 66.7 Å². The van der Waals surface area contributed by atoms with Crippen LogP contribution >= 0.6 is 0 Å². The zero-order chi connectivity index (χ0) is 19.2. The third kappa shape index (κ3) is 4.48. The molecule has 1 aromatic heterocycles. The van der Waals surface area contributed by atoms with Crippen LogP contribution in [0.1, 0.15) is 29.5 Å². The van der Waals surface area contributed by atoms with Gasteiger partial charge in [-0.05, 0) is 37.3 Å². The largest absolute Gasteiger partial charge is 0.357 e. The first kappa shape index (κ1) is 18.4. The summed E-state index contributed by atoms with van der Waals surface area (Å²) in [6.45, 7) is 5.08. The maximum absolute atomic E-state index is 5.08. The molecule has 0 radical (unpaired) electrons. The van der Waals surface area contributed by atoms with Gasteiger partial charge in [-0.25, -0.2) is 4.98 Å². The van der Waals surface area contributed by atoms with E-state index in [1.165, 1.54) is 16.7 Å². The van der Waals surface area contributed by atoms with Crippen molar-refractivity contribution in [3.8, 4) is 0 Å². The van der Waals surface area contributed by atoms with Gasteiger partial charge in [0.2, 0.25) is 0 Å². The minimum atomic E-state index is 0.629. The van der Waals surface area contributed by atoms with Crippen molar-refractivity contribution in [1.29, 1.82) is 0 Å². The maximum Gasteiger partial charge on any atom is 0.128 e. The molecule has 0 spiro atoms. The Bertz CT molecular complexity index is 852. The molecule has 3 aromatic rings. The third-order valence-corrected chi connectivity index (χ3v) is 5.44. The van der Waals surface area contributed by atoms with E-state index >= 15 is 0 Å². The van der Waals surface area contributed by atoms with Crippen LogP contribution in [-0.4, -0.2) is 30.3 Å². The van der Waals surface area contributed by atoms with Crippen molar-refractivity contribution in [3.05, 3.63) is 95.7 Å². The molecule has 0 amide bonds. The summed E-state index contributed by atoms with van der Waals surface area (Å²) in [6, 6.07) is 25.3. The Balaban J connectivity index is 1.44. The third-order valence-electron chi connectivity index (χ3n) is 5.44. The minimum absolute atomic E-state index is 0.629. The smallest absolute Gasteiger partial charge is 0.128 e. The lowest BCUT2D eigenvalue weighted by molar-refractivity contribution is 0.414. The van der Waals surface area contributed by atoms with Gasteiger partial charge in [0.05, 0.1) is 5.71 Å². The van der Waals surface area contributed by atoms with Crippen LogP contribution < -0.4 is 4.90 Å². The van der Waals surface area contributed by atoms with Gasteiger partial charge in [-0.3, -0.25) is 4.99 Å². The lowest BCUT2D eigenvalue weighted by atomic mass is 9.96. The summed E-state index contributed by atoms with van der Waals surface area (Å²) in [4.78, 5) is 12.1. The summed E-state index contributed by atoms with van der Waals surface area (Å²) < 4.78 is 0. The molecule has 0 aliphatic carbocycles. The molecule has 0 unspecified atom stereocenters. The van der Waals surface area contributed by atoms with E-state index in [2.05, 4.69) is 89.6 Å². The predicted octanol–water partition coefficient (Wildman–Crippen LogP) is 5.14. The summed E-state index contributed by atoms with van der Waals surface area (Å²) in [5.74, 6) is 1.73. The number of anilines is 1. The van der Waals surface area contributed by atoms with Crippen LogP contribution in [0.4, 0.5) is 5.82 Å². The predicted molar refractivity (Wildman–Crippen MR) is 117 cm³/mol. The van der Waals surface area contributed by atoms with E-state index in [4.69, 9.17) is 4.99 Å². The molecule has 0 saturated carbocycles. The van der Waals surface area contributed by atoms with Gasteiger partial charge in [0.15, 0.2) is 0 Å². The molecule has 0 N–H and O–H groups in total. The highest BCUT2D eigenvalue weighted by Crippen LogP contribution is 2.23. The first-order valence-corrected chi connectivity index (χ1v) is 10.1. The molecule has 28 heavy (non-hydrogen) atoms. The van der Waals surface area contributed by atoms with Crippen molar-refractivity contribution in [2.24, 2.45) is 10.9 Å². The van der Waals surface area contributed by atoms with Crippen LogP contribution in [0.3, 0.4) is 0 Å². The van der Waals surface area contributed by atoms with E-state index in [-0.39, 0.29) is 0 Å². The molecule has 1 aliphatic heterocycles. The molecule has 2 heterocycles. The maximum atomic E-state index is 5.08. The summed E-state index contributed by atoms with van der Waals surface area (Å²) >= 11 is 0. The Morgan fingerprint density at radius 3 is 2.04 bits per heavy atom. The van der Waals surface area contributed by atoms with Gasteiger partial charge < -0.3 is 4.90 Å². The standard InChI is InChI=1S/C25H27N3/c1-20-12-13-24(26-18-20)28-16-14-21(15-17-28)19-27-25(22-8-4-2-5-9-22)23-10-6-3-7-11-23/h2-13,18,21H,14-17,19H2,1H3. The molecule has 4 rings (SSSR count). The average molecular weight is 370 g/mol. The summed E-state index contributed by atoms with van der Waals surface area (Å²) in [6.07, 6.45) is 4.28. The first-order valence-electron chi connectivity index (χ1n) is 10.1. The van der Waals surface area contributed by atoms with E-state index in [0.717, 1.165) is 44.0 Å². The van der Waals surface area contributed by atoms with Crippen LogP contribution in [0, 0.1) is 12.8 Å². The number of nitrogens with zero attached hydrogens (tertiary/aromatic N) is 3. The summed E-state index contributed by atoms with van der Waals surface area (Å²) in [5, 5.41) is 0. The van der Waals surface area contributed by atoms with Crippen LogP contribution in [0.5, 0.6) is 0 Å². The van der Waals surface area contributed by atoms with E-state index < -0.39 is 0 Å². The molecule has 0 bridgehead atoms. The van der Waals surface area contributed by atoms with Crippen molar-refractivity contribution in [3.63, 3.8) is 0 Å². The van der Waals surface area contributed by atoms with Gasteiger partial charge >= 0.3 is 0 Å². The lowest BCUT2D eigenvalue weighted by Crippen LogP contribution is -2.35. The zero-order valence-corrected chi connectivity index (χ0v) is 16.5. The fourth-order valence-corrected chi connectivity index (χ4v) is 3.75. The molecule has 2 aromatic carbocycles. The fraction of sp³-hybridized carbons (Fsp3) is 0.280. The van der Waals surface area contributed by atoms with Gasteiger partial charge in [-0.15, -0.1) is 0 Å². The number of piperidine rings is 1. The van der Waals surface area contributed by atoms with Crippen molar-refractivity contribution in [2.75, 3.05) is 24.5 Å². The second kappa shape index (κ2) is 8.83. The topological polar surface area (TPSA) is 28.5 Å². The first-order chi connectivity index (χ1) is 13.8. The number of benzene rings is 2. The van der Waals surface area contributed by atoms with E-state index in [9.17, 15) is 0 Å². The van der Waals surface area contributed by atoms with Crippen molar-refractivity contribution in [2.45, 2.75) is 19.8 Å². The number of aromatic nitrogens is 1. The van der Waals surface area contributed by atoms with Gasteiger partial charge in [0, 0.05) is 37.0 Å². The fourth-order valence-electron chi connectivity index (χ4n) is 3.75. The number of hydrogen-bond acceptors (Lipinski definition) is 3. The summed E-state index contributed by atoms with van der Waals surface area (Å²) in [5.41, 5.74) is 4.69. The Kier molecular flexibility index (Phi) is 5.81. The zero-order valence-electron chi connectivity index (χ0n) is 16.5. The monoisotopic (exact) mass is 369 g/mol. The molecule has 142 valence electrons. The summed E-state index contributed by atoms with van der Waals surface area (Å²) in [7, 11) is 0. The Morgan fingerprint density at radius 1 is 0.893 bits per heavy atom. The number of hydrogen-bond donors (Lipinski definition) is 0. The molecular weight excluding hydrogens is 342 g/mol. The molecule has 1 fully saturated rings. The van der Waals surface area contributed by atoms with Gasteiger partial charge in [-0.2, -0.15) is 0 Å². The van der Waals surface area contributed by atoms with Crippen molar-refractivity contribution in [1.82, 2.24) is 4.98 Å². The number of rotatable bonds is 5. The number of aliphatic imine (C=N–C) groups is 1. The highest BCUT2D eigenvalue weighted by atomic mass is 15.2. The SMILES string of the molecule is Cc1ccc(N2CCC(CN=C(c3ccccc3)c3ccccc3)CC2)nc1. The van der Waals surface area contributed by atoms with Gasteiger partial charge in [0.25, 0.3) is 0 Å². The van der Waals surface area contributed by atoms with Gasteiger partial charge in [0.1, 0.15) is 5.82 Å². The molecule has 3 heteroatoms. The molecule has 1 saturated heterocycles. The molecular formula is C25H27N3. The van der Waals surface area contributed by atoms with Crippen molar-refractivity contribution >= 4 is 11.5 Å².